The Morgan fingerprint density at radius 2 is 1.64 bits per heavy atom. The molecule has 0 radical (unpaired) electrons. The van der Waals surface area contributed by atoms with Crippen LogP contribution in [0.2, 0.25) is 0 Å². The van der Waals surface area contributed by atoms with Gasteiger partial charge >= 0.3 is 5.97 Å². The number of nitrogens with two attached hydrogens (primary N) is 1. The molecule has 2 rings (SSSR count). The second-order valence-electron chi connectivity index (χ2n) is 6.55. The first-order valence-corrected chi connectivity index (χ1v) is 8.90. The molecule has 7 heteroatoms. The van der Waals surface area contributed by atoms with Crippen LogP contribution in [0.15, 0.2) is 48.5 Å². The third-order valence-corrected chi connectivity index (χ3v) is 4.02. The number of carbonyl (C=O) groups is 3. The Morgan fingerprint density at radius 3 is 2.25 bits per heavy atom. The predicted octanol–water partition coefficient (Wildman–Crippen LogP) is 2.86. The Balaban J connectivity index is 1.86. The van der Waals surface area contributed by atoms with Crippen LogP contribution in [0, 0.1) is 0 Å². The largest absolute Gasteiger partial charge is 0.481 e. The molecule has 2 aromatic rings. The van der Waals surface area contributed by atoms with E-state index in [2.05, 4.69) is 19.2 Å². The van der Waals surface area contributed by atoms with E-state index in [-0.39, 0.29) is 11.3 Å². The van der Waals surface area contributed by atoms with Gasteiger partial charge in [-0.1, -0.05) is 38.1 Å². The van der Waals surface area contributed by atoms with Crippen LogP contribution < -0.4 is 15.8 Å². The van der Waals surface area contributed by atoms with Gasteiger partial charge in [-0.15, -0.1) is 0 Å². The second-order valence-corrected chi connectivity index (χ2v) is 6.55. The van der Waals surface area contributed by atoms with E-state index >= 15 is 0 Å². The number of para-hydroxylation sites is 1. The molecular weight excluding hydrogens is 360 g/mol. The lowest BCUT2D eigenvalue weighted by atomic mass is 10.0. The van der Waals surface area contributed by atoms with Crippen molar-refractivity contribution in [3.05, 3.63) is 59.7 Å². The molecule has 0 aromatic heterocycles. The van der Waals surface area contributed by atoms with Crippen LogP contribution in [0.25, 0.3) is 0 Å². The maximum Gasteiger partial charge on any atom is 0.344 e. The number of esters is 1. The lowest BCUT2D eigenvalue weighted by Gasteiger charge is -2.15. The molecule has 2 aromatic carbocycles. The fraction of sp³-hybridized carbons (Fsp3) is 0.286. The fourth-order valence-electron chi connectivity index (χ4n) is 2.41. The number of benzene rings is 2. The summed E-state index contributed by atoms with van der Waals surface area (Å²) in [6, 6.07) is 13.7. The third kappa shape index (κ3) is 5.84. The number of carbonyl (C=O) groups excluding carboxylic acids is 3. The van der Waals surface area contributed by atoms with E-state index in [0.29, 0.717) is 11.6 Å². The fourth-order valence-corrected chi connectivity index (χ4v) is 2.41. The van der Waals surface area contributed by atoms with Gasteiger partial charge in [0.15, 0.2) is 12.7 Å². The standard InChI is InChI=1S/C21H24N2O5/c1-13(2)15-8-10-16(11-9-15)23-21(26)14(3)28-19(24)12-27-18-7-5-4-6-17(18)20(22)25/h4-11,13-14H,12H2,1-3H3,(H2,22,25)(H,23,26)/t14-/m0/s1. The normalized spacial score (nSPS) is 11.6. The number of hydrogen-bond donors (Lipinski definition) is 2. The number of amides is 2. The SMILES string of the molecule is CC(C)c1ccc(NC(=O)[C@H](C)OC(=O)COc2ccccc2C(N)=O)cc1. The van der Waals surface area contributed by atoms with E-state index in [1.807, 2.05) is 12.1 Å². The van der Waals surface area contributed by atoms with Gasteiger partial charge in [0.2, 0.25) is 0 Å². The molecular formula is C21H24N2O5. The minimum Gasteiger partial charge on any atom is -0.481 e. The second kappa shape index (κ2) is 9.55. The topological polar surface area (TPSA) is 108 Å². The van der Waals surface area contributed by atoms with Gasteiger partial charge in [-0.05, 0) is 42.7 Å². The Hall–Kier alpha value is -3.35. The smallest absolute Gasteiger partial charge is 0.344 e. The van der Waals surface area contributed by atoms with Crippen molar-refractivity contribution in [1.82, 2.24) is 0 Å². The molecule has 0 saturated heterocycles. The zero-order valence-electron chi connectivity index (χ0n) is 16.1. The first-order chi connectivity index (χ1) is 13.3. The summed E-state index contributed by atoms with van der Waals surface area (Å²) in [6.07, 6.45) is -1.01. The quantitative estimate of drug-likeness (QED) is 0.681. The summed E-state index contributed by atoms with van der Waals surface area (Å²) in [5.41, 5.74) is 7.18. The highest BCUT2D eigenvalue weighted by molar-refractivity contribution is 5.96. The molecule has 0 spiro atoms. The van der Waals surface area contributed by atoms with Crippen molar-refractivity contribution in [2.75, 3.05) is 11.9 Å². The highest BCUT2D eigenvalue weighted by Gasteiger charge is 2.19. The minimum atomic E-state index is -1.01. The molecule has 3 N–H and O–H groups in total. The number of rotatable bonds is 8. The van der Waals surface area contributed by atoms with Crippen LogP contribution in [-0.4, -0.2) is 30.5 Å². The minimum absolute atomic E-state index is 0.158. The van der Waals surface area contributed by atoms with Crippen molar-refractivity contribution in [2.45, 2.75) is 32.8 Å². The van der Waals surface area contributed by atoms with E-state index in [4.69, 9.17) is 15.2 Å². The molecule has 0 fully saturated rings. The number of nitrogens with one attached hydrogen (secondary N) is 1. The van der Waals surface area contributed by atoms with E-state index in [1.165, 1.54) is 19.1 Å². The van der Waals surface area contributed by atoms with Crippen molar-refractivity contribution < 1.29 is 23.9 Å². The van der Waals surface area contributed by atoms with Crippen LogP contribution in [0.5, 0.6) is 5.75 Å². The van der Waals surface area contributed by atoms with Crippen molar-refractivity contribution in [3.8, 4) is 5.75 Å². The average Bonchev–Trinajstić information content (AvgIpc) is 2.66. The predicted molar refractivity (Wildman–Crippen MR) is 105 cm³/mol. The highest BCUT2D eigenvalue weighted by atomic mass is 16.6. The molecule has 148 valence electrons. The van der Waals surface area contributed by atoms with Gasteiger partial charge in [0.25, 0.3) is 11.8 Å². The van der Waals surface area contributed by atoms with E-state index in [9.17, 15) is 14.4 Å². The molecule has 0 saturated carbocycles. The van der Waals surface area contributed by atoms with Crippen LogP contribution in [0.4, 0.5) is 5.69 Å². The van der Waals surface area contributed by atoms with Crippen molar-refractivity contribution in [1.29, 1.82) is 0 Å². The first-order valence-electron chi connectivity index (χ1n) is 8.90. The summed E-state index contributed by atoms with van der Waals surface area (Å²) in [7, 11) is 0. The summed E-state index contributed by atoms with van der Waals surface area (Å²) in [5.74, 6) is -1.29. The highest BCUT2D eigenvalue weighted by Crippen LogP contribution is 2.18. The Kier molecular flexibility index (Phi) is 7.14. The Bertz CT molecular complexity index is 846. The van der Waals surface area contributed by atoms with E-state index in [0.717, 1.165) is 5.56 Å². The molecule has 0 unspecified atom stereocenters. The van der Waals surface area contributed by atoms with Gasteiger partial charge in [0.05, 0.1) is 5.56 Å². The van der Waals surface area contributed by atoms with Gasteiger partial charge in [0, 0.05) is 5.69 Å². The van der Waals surface area contributed by atoms with E-state index in [1.54, 1.807) is 24.3 Å². The lowest BCUT2D eigenvalue weighted by molar-refractivity contribution is -0.155. The molecule has 0 aliphatic heterocycles. The molecule has 28 heavy (non-hydrogen) atoms. The van der Waals surface area contributed by atoms with Gasteiger partial charge in [0.1, 0.15) is 5.75 Å². The van der Waals surface area contributed by atoms with Gasteiger partial charge < -0.3 is 20.5 Å². The van der Waals surface area contributed by atoms with Gasteiger partial charge in [-0.3, -0.25) is 9.59 Å². The number of ether oxygens (including phenoxy) is 2. The van der Waals surface area contributed by atoms with Gasteiger partial charge in [-0.2, -0.15) is 0 Å². The first kappa shape index (κ1) is 21.0. The van der Waals surface area contributed by atoms with Crippen molar-refractivity contribution in [2.24, 2.45) is 5.73 Å². The Labute approximate surface area is 163 Å². The maximum atomic E-state index is 12.2. The van der Waals surface area contributed by atoms with Gasteiger partial charge in [-0.25, -0.2) is 4.79 Å². The van der Waals surface area contributed by atoms with Crippen LogP contribution in [0.1, 0.15) is 42.6 Å². The molecule has 0 aliphatic carbocycles. The number of hydrogen-bond acceptors (Lipinski definition) is 5. The zero-order chi connectivity index (χ0) is 20.7. The third-order valence-electron chi connectivity index (χ3n) is 4.02. The number of anilines is 1. The summed E-state index contributed by atoms with van der Waals surface area (Å²) in [5, 5.41) is 2.69. The zero-order valence-corrected chi connectivity index (χ0v) is 16.1. The van der Waals surface area contributed by atoms with Crippen LogP contribution in [0.3, 0.4) is 0 Å². The van der Waals surface area contributed by atoms with Crippen LogP contribution in [-0.2, 0) is 14.3 Å². The van der Waals surface area contributed by atoms with Crippen molar-refractivity contribution in [3.63, 3.8) is 0 Å². The summed E-state index contributed by atoms with van der Waals surface area (Å²) in [4.78, 5) is 35.5. The molecule has 2 amide bonds. The molecule has 0 aliphatic rings. The van der Waals surface area contributed by atoms with E-state index < -0.39 is 30.5 Å². The van der Waals surface area contributed by atoms with Crippen molar-refractivity contribution >= 4 is 23.5 Å². The molecule has 7 nitrogen and oxygen atoms in total. The summed E-state index contributed by atoms with van der Waals surface area (Å²) >= 11 is 0. The summed E-state index contributed by atoms with van der Waals surface area (Å²) in [6.45, 7) is 5.18. The lowest BCUT2D eigenvalue weighted by Crippen LogP contribution is -2.31. The molecule has 0 heterocycles. The maximum absolute atomic E-state index is 12.2. The molecule has 1 atom stereocenters. The number of primary amides is 1. The average molecular weight is 384 g/mol. The summed E-state index contributed by atoms with van der Waals surface area (Å²) < 4.78 is 10.4. The Morgan fingerprint density at radius 1 is 1.00 bits per heavy atom. The monoisotopic (exact) mass is 384 g/mol. The van der Waals surface area contributed by atoms with Crippen LogP contribution >= 0.6 is 0 Å². The molecule has 0 bridgehead atoms.